The Labute approximate surface area is 150 Å². The highest BCUT2D eigenvalue weighted by Crippen LogP contribution is 2.28. The smallest absolute Gasteiger partial charge is 0.305 e. The number of carboxylic acid groups (broad SMARTS) is 1. The zero-order valence-corrected chi connectivity index (χ0v) is 15.8. The average molecular weight is 349 g/mol. The third-order valence-electron chi connectivity index (χ3n) is 5.14. The van der Waals surface area contributed by atoms with Crippen LogP contribution in [0.3, 0.4) is 0 Å². The maximum atomic E-state index is 12.8. The van der Waals surface area contributed by atoms with Crippen molar-refractivity contribution in [2.45, 2.75) is 84.7 Å². The SMILES string of the molecule is Cc1nn(C(C)C)c(C)c1C(=O)N[C@H](CC(=O)O)CC1CCCCC1. The lowest BCUT2D eigenvalue weighted by Gasteiger charge is -2.26. The second kappa shape index (κ2) is 8.50. The highest BCUT2D eigenvalue weighted by atomic mass is 16.4. The van der Waals surface area contributed by atoms with Gasteiger partial charge in [-0.1, -0.05) is 32.1 Å². The monoisotopic (exact) mass is 349 g/mol. The molecular formula is C19H31N3O3. The predicted molar refractivity (Wildman–Crippen MR) is 96.8 cm³/mol. The van der Waals surface area contributed by atoms with Gasteiger partial charge in [-0.2, -0.15) is 5.10 Å². The molecule has 0 spiro atoms. The van der Waals surface area contributed by atoms with Crippen LogP contribution in [0.1, 0.15) is 86.6 Å². The largest absolute Gasteiger partial charge is 0.481 e. The van der Waals surface area contributed by atoms with E-state index in [4.69, 9.17) is 0 Å². The third-order valence-corrected chi connectivity index (χ3v) is 5.14. The van der Waals surface area contributed by atoms with Gasteiger partial charge >= 0.3 is 5.97 Å². The molecule has 0 unspecified atom stereocenters. The Balaban J connectivity index is 2.11. The Bertz CT molecular complexity index is 616. The molecule has 1 aromatic rings. The molecule has 25 heavy (non-hydrogen) atoms. The molecule has 1 aliphatic carbocycles. The Morgan fingerprint density at radius 1 is 1.24 bits per heavy atom. The van der Waals surface area contributed by atoms with Crippen molar-refractivity contribution in [1.82, 2.24) is 15.1 Å². The third kappa shape index (κ3) is 5.06. The first kappa shape index (κ1) is 19.5. The summed E-state index contributed by atoms with van der Waals surface area (Å²) < 4.78 is 1.84. The minimum Gasteiger partial charge on any atom is -0.481 e. The summed E-state index contributed by atoms with van der Waals surface area (Å²) in [6, 6.07) is -0.147. The van der Waals surface area contributed by atoms with E-state index in [0.29, 0.717) is 17.2 Å². The Morgan fingerprint density at radius 2 is 1.88 bits per heavy atom. The van der Waals surface area contributed by atoms with Gasteiger partial charge in [0, 0.05) is 17.8 Å². The number of hydrogen-bond acceptors (Lipinski definition) is 3. The number of rotatable bonds is 7. The average Bonchev–Trinajstić information content (AvgIpc) is 2.82. The molecule has 140 valence electrons. The van der Waals surface area contributed by atoms with E-state index in [1.807, 2.05) is 32.4 Å². The highest BCUT2D eigenvalue weighted by molar-refractivity contribution is 5.96. The number of aromatic nitrogens is 2. The van der Waals surface area contributed by atoms with Crippen molar-refractivity contribution in [2.75, 3.05) is 0 Å². The Hall–Kier alpha value is -1.85. The van der Waals surface area contributed by atoms with Crippen LogP contribution in [0.4, 0.5) is 0 Å². The topological polar surface area (TPSA) is 84.2 Å². The van der Waals surface area contributed by atoms with E-state index >= 15 is 0 Å². The summed E-state index contributed by atoms with van der Waals surface area (Å²) in [5, 5.41) is 16.6. The first-order valence-electron chi connectivity index (χ1n) is 9.38. The number of nitrogens with one attached hydrogen (secondary N) is 1. The summed E-state index contributed by atoms with van der Waals surface area (Å²) >= 11 is 0. The van der Waals surface area contributed by atoms with Crippen molar-refractivity contribution < 1.29 is 14.7 Å². The summed E-state index contributed by atoms with van der Waals surface area (Å²) in [5.74, 6) is -0.560. The summed E-state index contributed by atoms with van der Waals surface area (Å²) in [6.07, 6.45) is 6.66. The molecular weight excluding hydrogens is 318 g/mol. The maximum absolute atomic E-state index is 12.8. The molecule has 0 aliphatic heterocycles. The number of nitrogens with zero attached hydrogens (tertiary/aromatic N) is 2. The summed E-state index contributed by atoms with van der Waals surface area (Å²) in [6.45, 7) is 7.77. The lowest BCUT2D eigenvalue weighted by molar-refractivity contribution is -0.137. The van der Waals surface area contributed by atoms with Crippen molar-refractivity contribution >= 4 is 11.9 Å². The summed E-state index contributed by atoms with van der Waals surface area (Å²) in [5.41, 5.74) is 2.10. The van der Waals surface area contributed by atoms with Crippen molar-refractivity contribution in [3.8, 4) is 0 Å². The molecule has 0 saturated heterocycles. The van der Waals surface area contributed by atoms with Crippen LogP contribution in [0, 0.1) is 19.8 Å². The van der Waals surface area contributed by atoms with Gasteiger partial charge in [-0.3, -0.25) is 14.3 Å². The van der Waals surface area contributed by atoms with E-state index in [0.717, 1.165) is 25.0 Å². The van der Waals surface area contributed by atoms with Crippen LogP contribution in [-0.2, 0) is 4.79 Å². The van der Waals surface area contributed by atoms with E-state index in [1.165, 1.54) is 19.3 Å². The fraction of sp³-hybridized carbons (Fsp3) is 0.737. The molecule has 0 aromatic carbocycles. The molecule has 6 heteroatoms. The molecule has 1 atom stereocenters. The van der Waals surface area contributed by atoms with Gasteiger partial charge in [0.15, 0.2) is 0 Å². The van der Waals surface area contributed by atoms with Gasteiger partial charge in [-0.05, 0) is 40.0 Å². The van der Waals surface area contributed by atoms with Crippen molar-refractivity contribution in [1.29, 1.82) is 0 Å². The van der Waals surface area contributed by atoms with Crippen LogP contribution in [0.25, 0.3) is 0 Å². The van der Waals surface area contributed by atoms with Crippen LogP contribution in [0.5, 0.6) is 0 Å². The molecule has 0 radical (unpaired) electrons. The second-order valence-corrected chi connectivity index (χ2v) is 7.59. The molecule has 0 bridgehead atoms. The molecule has 2 N–H and O–H groups in total. The van der Waals surface area contributed by atoms with Crippen LogP contribution in [0.15, 0.2) is 0 Å². The number of amides is 1. The molecule has 1 saturated carbocycles. The van der Waals surface area contributed by atoms with Gasteiger partial charge in [-0.25, -0.2) is 0 Å². The number of carboxylic acids is 1. The van der Waals surface area contributed by atoms with E-state index in [2.05, 4.69) is 10.4 Å². The predicted octanol–water partition coefficient (Wildman–Crippen LogP) is 3.62. The van der Waals surface area contributed by atoms with Gasteiger partial charge in [0.05, 0.1) is 17.7 Å². The highest BCUT2D eigenvalue weighted by Gasteiger charge is 2.26. The standard InChI is InChI=1S/C19H31N3O3/c1-12(2)22-14(4)18(13(3)21-22)19(25)20-16(11-17(23)24)10-15-8-6-5-7-9-15/h12,15-16H,5-11H2,1-4H3,(H,20,25)(H,23,24)/t16-/m0/s1. The quantitative estimate of drug-likeness (QED) is 0.787. The second-order valence-electron chi connectivity index (χ2n) is 7.59. The van der Waals surface area contributed by atoms with Gasteiger partial charge in [0.2, 0.25) is 0 Å². The fourth-order valence-electron chi connectivity index (χ4n) is 3.98. The minimum atomic E-state index is -0.868. The van der Waals surface area contributed by atoms with Gasteiger partial charge in [-0.15, -0.1) is 0 Å². The van der Waals surface area contributed by atoms with Crippen LogP contribution in [0.2, 0.25) is 0 Å². The normalized spacial score (nSPS) is 16.8. The van der Waals surface area contributed by atoms with Gasteiger partial charge < -0.3 is 10.4 Å². The van der Waals surface area contributed by atoms with Gasteiger partial charge in [0.25, 0.3) is 5.91 Å². The lowest BCUT2D eigenvalue weighted by Crippen LogP contribution is -2.38. The zero-order valence-electron chi connectivity index (χ0n) is 15.8. The number of hydrogen-bond donors (Lipinski definition) is 2. The number of carbonyl (C=O) groups is 2. The van der Waals surface area contributed by atoms with Gasteiger partial charge in [0.1, 0.15) is 0 Å². The van der Waals surface area contributed by atoms with Crippen molar-refractivity contribution in [3.05, 3.63) is 17.0 Å². The van der Waals surface area contributed by atoms with Crippen molar-refractivity contribution in [3.63, 3.8) is 0 Å². The first-order chi connectivity index (χ1) is 11.8. The summed E-state index contributed by atoms with van der Waals surface area (Å²) in [7, 11) is 0. The van der Waals surface area contributed by atoms with E-state index in [9.17, 15) is 14.7 Å². The van der Waals surface area contributed by atoms with Crippen LogP contribution >= 0.6 is 0 Å². The first-order valence-corrected chi connectivity index (χ1v) is 9.38. The number of carbonyl (C=O) groups excluding carboxylic acids is 1. The lowest BCUT2D eigenvalue weighted by atomic mass is 9.84. The maximum Gasteiger partial charge on any atom is 0.305 e. The molecule has 1 heterocycles. The number of aryl methyl sites for hydroxylation is 1. The molecule has 1 fully saturated rings. The minimum absolute atomic E-state index is 0.0291. The molecule has 1 aromatic heterocycles. The van der Waals surface area contributed by atoms with Crippen molar-refractivity contribution in [2.24, 2.45) is 5.92 Å². The fourth-order valence-corrected chi connectivity index (χ4v) is 3.98. The molecule has 1 amide bonds. The molecule has 1 aliphatic rings. The molecule has 6 nitrogen and oxygen atoms in total. The Morgan fingerprint density at radius 3 is 2.40 bits per heavy atom. The van der Waals surface area contributed by atoms with E-state index < -0.39 is 5.97 Å². The molecule has 2 rings (SSSR count). The van der Waals surface area contributed by atoms with Crippen LogP contribution < -0.4 is 5.32 Å². The zero-order chi connectivity index (χ0) is 18.6. The van der Waals surface area contributed by atoms with Crippen LogP contribution in [-0.4, -0.2) is 32.8 Å². The Kier molecular flexibility index (Phi) is 6.62. The number of aliphatic carboxylic acids is 1. The summed E-state index contributed by atoms with van der Waals surface area (Å²) in [4.78, 5) is 24.0. The van der Waals surface area contributed by atoms with E-state index in [-0.39, 0.29) is 24.4 Å². The van der Waals surface area contributed by atoms with E-state index in [1.54, 1.807) is 0 Å².